The summed E-state index contributed by atoms with van der Waals surface area (Å²) in [5.74, 6) is 0. The van der Waals surface area contributed by atoms with Gasteiger partial charge in [0.1, 0.15) is 0 Å². The second kappa shape index (κ2) is 9.00. The maximum Gasteiger partial charge on any atom is 0.0571 e. The largest absolute Gasteiger partial charge is 0.381 e. The van der Waals surface area contributed by atoms with Gasteiger partial charge < -0.3 is 4.74 Å². The van der Waals surface area contributed by atoms with Gasteiger partial charge >= 0.3 is 0 Å². The van der Waals surface area contributed by atoms with Crippen LogP contribution in [0.4, 0.5) is 0 Å². The summed E-state index contributed by atoms with van der Waals surface area (Å²) in [5.41, 5.74) is 0.957. The van der Waals surface area contributed by atoms with Crippen LogP contribution in [0.3, 0.4) is 0 Å². The van der Waals surface area contributed by atoms with E-state index in [1.807, 2.05) is 7.11 Å². The van der Waals surface area contributed by atoms with Crippen LogP contribution in [0.1, 0.15) is 92.9 Å². The van der Waals surface area contributed by atoms with Crippen molar-refractivity contribution in [2.24, 2.45) is 10.8 Å². The molecule has 0 bridgehead atoms. The van der Waals surface area contributed by atoms with E-state index in [-0.39, 0.29) is 0 Å². The molecular formula is C18H38O. The third kappa shape index (κ3) is 14.2. The van der Waals surface area contributed by atoms with Crippen molar-refractivity contribution < 1.29 is 4.74 Å². The van der Waals surface area contributed by atoms with Gasteiger partial charge in [0.15, 0.2) is 0 Å². The maximum absolute atomic E-state index is 5.61. The maximum atomic E-state index is 5.61. The Morgan fingerprint density at radius 3 is 1.63 bits per heavy atom. The zero-order valence-corrected chi connectivity index (χ0v) is 14.6. The molecule has 0 radical (unpaired) electrons. The average molecular weight is 271 g/mol. The first-order valence-electron chi connectivity index (χ1n) is 8.17. The Hall–Kier alpha value is -0.0400. The van der Waals surface area contributed by atoms with Crippen molar-refractivity contribution in [1.29, 1.82) is 0 Å². The lowest BCUT2D eigenvalue weighted by molar-refractivity contribution is 0.0807. The Labute approximate surface area is 122 Å². The smallest absolute Gasteiger partial charge is 0.0571 e. The van der Waals surface area contributed by atoms with Crippen LogP contribution in [0.2, 0.25) is 0 Å². The molecule has 0 amide bonds. The van der Waals surface area contributed by atoms with Crippen LogP contribution in [0.5, 0.6) is 0 Å². The Morgan fingerprint density at radius 1 is 0.684 bits per heavy atom. The van der Waals surface area contributed by atoms with Gasteiger partial charge in [-0.05, 0) is 36.5 Å². The van der Waals surface area contributed by atoms with Gasteiger partial charge in [0.2, 0.25) is 0 Å². The zero-order valence-electron chi connectivity index (χ0n) is 14.6. The number of rotatable bonds is 9. The molecule has 0 aliphatic carbocycles. The number of hydrogen-bond acceptors (Lipinski definition) is 1. The summed E-state index contributed by atoms with van der Waals surface area (Å²) < 4.78 is 5.61. The summed E-state index contributed by atoms with van der Waals surface area (Å²) in [4.78, 5) is 0. The van der Waals surface area contributed by atoms with Gasteiger partial charge in [-0.25, -0.2) is 0 Å². The first kappa shape index (κ1) is 19.0. The molecule has 0 heterocycles. The fraction of sp³-hybridized carbons (Fsp3) is 1.00. The zero-order chi connectivity index (χ0) is 14.9. The summed E-state index contributed by atoms with van der Waals surface area (Å²) in [6.07, 6.45) is 10.9. The van der Waals surface area contributed by atoms with Crippen molar-refractivity contribution in [3.63, 3.8) is 0 Å². The monoisotopic (exact) mass is 270 g/mol. The van der Waals surface area contributed by atoms with Crippen molar-refractivity contribution >= 4 is 0 Å². The first-order valence-corrected chi connectivity index (χ1v) is 8.17. The van der Waals surface area contributed by atoms with Gasteiger partial charge in [-0.15, -0.1) is 0 Å². The van der Waals surface area contributed by atoms with Gasteiger partial charge in [-0.2, -0.15) is 0 Å². The summed E-state index contributed by atoms with van der Waals surface area (Å²) >= 11 is 0. The van der Waals surface area contributed by atoms with Crippen molar-refractivity contribution in [3.8, 4) is 0 Å². The molecule has 1 nitrogen and oxygen atoms in total. The van der Waals surface area contributed by atoms with Crippen molar-refractivity contribution in [2.45, 2.75) is 99.0 Å². The second-order valence-corrected chi connectivity index (χ2v) is 8.47. The molecule has 0 unspecified atom stereocenters. The normalized spacial score (nSPS) is 14.7. The Morgan fingerprint density at radius 2 is 1.16 bits per heavy atom. The van der Waals surface area contributed by atoms with E-state index < -0.39 is 0 Å². The Bertz CT molecular complexity index is 207. The number of methoxy groups -OCH3 is 1. The Kier molecular flexibility index (Phi) is 8.98. The van der Waals surface area contributed by atoms with E-state index in [0.29, 0.717) is 16.9 Å². The first-order chi connectivity index (χ1) is 8.64. The summed E-state index contributed by atoms with van der Waals surface area (Å²) in [6.45, 7) is 14.0. The van der Waals surface area contributed by atoms with Crippen LogP contribution in [0.25, 0.3) is 0 Å². The predicted octanol–water partition coefficient (Wildman–Crippen LogP) is 6.21. The highest BCUT2D eigenvalue weighted by atomic mass is 16.5. The lowest BCUT2D eigenvalue weighted by Crippen LogP contribution is -2.13. The summed E-state index contributed by atoms with van der Waals surface area (Å²) in [6, 6.07) is 0. The molecule has 19 heavy (non-hydrogen) atoms. The fourth-order valence-electron chi connectivity index (χ4n) is 2.44. The summed E-state index contributed by atoms with van der Waals surface area (Å²) in [5, 5.41) is 0. The Balaban J connectivity index is 3.60. The molecule has 0 saturated carbocycles. The topological polar surface area (TPSA) is 9.23 Å². The van der Waals surface area contributed by atoms with E-state index in [4.69, 9.17) is 4.74 Å². The molecule has 1 heteroatoms. The molecule has 0 fully saturated rings. The molecular weight excluding hydrogens is 232 g/mol. The average Bonchev–Trinajstić information content (AvgIpc) is 2.23. The lowest BCUT2D eigenvalue weighted by Gasteiger charge is -2.21. The van der Waals surface area contributed by atoms with Crippen LogP contribution in [-0.2, 0) is 4.74 Å². The molecule has 0 N–H and O–H groups in total. The van der Waals surface area contributed by atoms with E-state index in [9.17, 15) is 0 Å². The molecule has 0 aromatic carbocycles. The number of ether oxygens (including phenoxy) is 1. The minimum Gasteiger partial charge on any atom is -0.381 e. The van der Waals surface area contributed by atoms with Crippen molar-refractivity contribution in [2.75, 3.05) is 7.11 Å². The molecule has 0 aromatic rings. The van der Waals surface area contributed by atoms with Gasteiger partial charge in [-0.1, -0.05) is 67.2 Å². The number of hydrogen-bond donors (Lipinski definition) is 0. The van der Waals surface area contributed by atoms with E-state index in [2.05, 4.69) is 41.5 Å². The molecule has 116 valence electrons. The molecule has 0 saturated heterocycles. The minimum absolute atomic E-state index is 0.463. The van der Waals surface area contributed by atoms with Gasteiger partial charge in [0.05, 0.1) is 6.10 Å². The molecule has 0 aliphatic heterocycles. The van der Waals surface area contributed by atoms with Crippen molar-refractivity contribution in [1.82, 2.24) is 0 Å². The highest BCUT2D eigenvalue weighted by Gasteiger charge is 2.13. The van der Waals surface area contributed by atoms with Crippen LogP contribution in [0.15, 0.2) is 0 Å². The molecule has 0 rings (SSSR count). The third-order valence-corrected chi connectivity index (χ3v) is 3.74. The van der Waals surface area contributed by atoms with E-state index in [1.54, 1.807) is 0 Å². The highest BCUT2D eigenvalue weighted by Crippen LogP contribution is 2.25. The molecule has 1 atom stereocenters. The quantitative estimate of drug-likeness (QED) is 0.452. The highest BCUT2D eigenvalue weighted by molar-refractivity contribution is 4.66. The molecule has 0 aliphatic rings. The van der Waals surface area contributed by atoms with E-state index in [1.165, 1.54) is 51.4 Å². The van der Waals surface area contributed by atoms with Gasteiger partial charge in [0, 0.05) is 7.11 Å². The molecule has 0 spiro atoms. The third-order valence-electron chi connectivity index (χ3n) is 3.74. The second-order valence-electron chi connectivity index (χ2n) is 8.47. The standard InChI is InChI=1S/C18H38O/c1-17(2,3)14-10-8-9-12-16(19-7)13-11-15-18(4,5)6/h16H,8-15H2,1-7H3/t16-/m0/s1. The fourth-order valence-corrected chi connectivity index (χ4v) is 2.44. The van der Waals surface area contributed by atoms with E-state index >= 15 is 0 Å². The lowest BCUT2D eigenvalue weighted by atomic mass is 9.88. The van der Waals surface area contributed by atoms with Crippen LogP contribution >= 0.6 is 0 Å². The van der Waals surface area contributed by atoms with E-state index in [0.717, 1.165) is 0 Å². The van der Waals surface area contributed by atoms with Crippen LogP contribution in [-0.4, -0.2) is 13.2 Å². The predicted molar refractivity (Wildman–Crippen MR) is 86.6 cm³/mol. The van der Waals surface area contributed by atoms with Crippen LogP contribution in [0, 0.1) is 10.8 Å². The summed E-state index contributed by atoms with van der Waals surface area (Å²) in [7, 11) is 1.87. The molecule has 0 aromatic heterocycles. The minimum atomic E-state index is 0.463. The van der Waals surface area contributed by atoms with Gasteiger partial charge in [-0.3, -0.25) is 0 Å². The SMILES string of the molecule is CO[C@@H](CCCCCC(C)(C)C)CCCC(C)(C)C. The number of unbranched alkanes of at least 4 members (excludes halogenated alkanes) is 2. The van der Waals surface area contributed by atoms with Gasteiger partial charge in [0.25, 0.3) is 0 Å². The van der Waals surface area contributed by atoms with Crippen molar-refractivity contribution in [3.05, 3.63) is 0 Å². The van der Waals surface area contributed by atoms with Crippen LogP contribution < -0.4 is 0 Å².